The maximum atomic E-state index is 13.9. The van der Waals surface area contributed by atoms with Crippen molar-refractivity contribution in [2.45, 2.75) is 31.3 Å². The molecule has 4 unspecified atom stereocenters. The second-order valence-corrected chi connectivity index (χ2v) is 9.49. The van der Waals surface area contributed by atoms with E-state index in [1.807, 2.05) is 30.0 Å². The highest BCUT2D eigenvalue weighted by Gasteiger charge is 2.74. The van der Waals surface area contributed by atoms with Crippen molar-refractivity contribution in [2.24, 2.45) is 11.8 Å². The third-order valence-electron chi connectivity index (χ3n) is 7.53. The zero-order valence-electron chi connectivity index (χ0n) is 17.6. The number of nitro groups is 1. The fourth-order valence-electron chi connectivity index (χ4n) is 6.35. The molecule has 4 aliphatic rings. The lowest BCUT2D eigenvalue weighted by Gasteiger charge is -2.36. The number of amides is 3. The predicted octanol–water partition coefficient (Wildman–Crippen LogP) is 2.99. The van der Waals surface area contributed by atoms with Crippen molar-refractivity contribution in [3.05, 3.63) is 62.7 Å². The van der Waals surface area contributed by atoms with Gasteiger partial charge in [-0.15, -0.1) is 0 Å². The number of carbonyl (C=O) groups is 3. The van der Waals surface area contributed by atoms with E-state index in [1.54, 1.807) is 0 Å². The number of rotatable bonds is 2. The molecule has 168 valence electrons. The summed E-state index contributed by atoms with van der Waals surface area (Å²) in [6.45, 7) is 2.55. The Kier molecular flexibility index (Phi) is 4.07. The van der Waals surface area contributed by atoms with Gasteiger partial charge in [0.2, 0.25) is 17.7 Å². The Morgan fingerprint density at radius 2 is 1.94 bits per heavy atom. The quantitative estimate of drug-likeness (QED) is 0.413. The van der Waals surface area contributed by atoms with Crippen molar-refractivity contribution < 1.29 is 19.3 Å². The molecule has 4 aliphatic heterocycles. The van der Waals surface area contributed by atoms with Crippen molar-refractivity contribution in [1.82, 2.24) is 4.90 Å². The van der Waals surface area contributed by atoms with E-state index in [2.05, 4.69) is 5.32 Å². The monoisotopic (exact) mass is 466 g/mol. The van der Waals surface area contributed by atoms with Gasteiger partial charge in [0.05, 0.1) is 27.5 Å². The summed E-state index contributed by atoms with van der Waals surface area (Å²) in [5.41, 5.74) is 0.946. The molecule has 6 rings (SSSR count). The van der Waals surface area contributed by atoms with Crippen LogP contribution in [0.1, 0.15) is 24.0 Å². The first kappa shape index (κ1) is 20.3. The molecule has 3 fully saturated rings. The number of nitrogens with zero attached hydrogens (tertiary/aromatic N) is 3. The number of nitro benzene ring substituents is 1. The van der Waals surface area contributed by atoms with Crippen LogP contribution in [-0.4, -0.2) is 40.1 Å². The number of aryl methyl sites for hydroxylation is 1. The van der Waals surface area contributed by atoms with Gasteiger partial charge in [0.15, 0.2) is 0 Å². The maximum Gasteiger partial charge on any atom is 0.271 e. The minimum Gasteiger partial charge on any atom is -0.324 e. The third kappa shape index (κ3) is 2.38. The van der Waals surface area contributed by atoms with E-state index >= 15 is 0 Å². The Bertz CT molecular complexity index is 1300. The van der Waals surface area contributed by atoms with Gasteiger partial charge in [-0.3, -0.25) is 29.4 Å². The number of fused-ring (bicyclic) bond motifs is 7. The van der Waals surface area contributed by atoms with Crippen LogP contribution in [0.4, 0.5) is 17.1 Å². The summed E-state index contributed by atoms with van der Waals surface area (Å²) in [6, 6.07) is 9.08. The number of benzene rings is 2. The number of anilines is 2. The van der Waals surface area contributed by atoms with Gasteiger partial charge in [0.1, 0.15) is 5.54 Å². The number of nitrogens with one attached hydrogen (secondary N) is 1. The zero-order chi connectivity index (χ0) is 23.2. The van der Waals surface area contributed by atoms with Crippen LogP contribution in [0, 0.1) is 28.9 Å². The molecule has 9 nitrogen and oxygen atoms in total. The maximum absolute atomic E-state index is 13.9. The lowest BCUT2D eigenvalue weighted by atomic mass is 9.75. The summed E-state index contributed by atoms with van der Waals surface area (Å²) in [5.74, 6) is -2.79. The Hall–Kier alpha value is -3.30. The van der Waals surface area contributed by atoms with Gasteiger partial charge in [-0.25, -0.2) is 4.90 Å². The Morgan fingerprint density at radius 1 is 1.15 bits per heavy atom. The van der Waals surface area contributed by atoms with Crippen molar-refractivity contribution >= 4 is 46.4 Å². The normalized spacial score (nSPS) is 30.1. The predicted molar refractivity (Wildman–Crippen MR) is 119 cm³/mol. The minimum atomic E-state index is -1.26. The standard InChI is InChI=1S/C23H19ClN4O5/c1-11-4-6-15-13(9-11)23(22(31)25-15)19-18(17-3-2-8-26(17)23)20(29)27(21(19)30)16-7-5-12(28(32)33)10-14(16)24/h4-7,9-10,17-19H,2-3,8H2,1H3,(H,25,31). The average Bonchev–Trinajstić information content (AvgIpc) is 3.47. The lowest BCUT2D eigenvalue weighted by Crippen LogP contribution is -2.54. The van der Waals surface area contributed by atoms with E-state index in [9.17, 15) is 24.5 Å². The topological polar surface area (TPSA) is 113 Å². The van der Waals surface area contributed by atoms with Crippen LogP contribution in [0.5, 0.6) is 0 Å². The van der Waals surface area contributed by atoms with Gasteiger partial charge in [-0.1, -0.05) is 29.3 Å². The number of hydrogen-bond acceptors (Lipinski definition) is 6. The molecule has 3 amide bonds. The van der Waals surface area contributed by atoms with E-state index < -0.39 is 34.1 Å². The van der Waals surface area contributed by atoms with Gasteiger partial charge in [-0.05, 0) is 38.4 Å². The van der Waals surface area contributed by atoms with E-state index in [0.29, 0.717) is 18.7 Å². The molecule has 33 heavy (non-hydrogen) atoms. The zero-order valence-corrected chi connectivity index (χ0v) is 18.3. The SMILES string of the molecule is Cc1ccc2c(c1)C1(C(=O)N2)C2C(=O)N(c3ccc([N+](=O)[O-])cc3Cl)C(=O)C2C2CCCN21. The van der Waals surface area contributed by atoms with E-state index in [0.717, 1.165) is 28.5 Å². The van der Waals surface area contributed by atoms with Gasteiger partial charge in [-0.2, -0.15) is 0 Å². The summed E-state index contributed by atoms with van der Waals surface area (Å²) in [4.78, 5) is 54.8. The summed E-state index contributed by atoms with van der Waals surface area (Å²) < 4.78 is 0. The first-order valence-electron chi connectivity index (χ1n) is 10.8. The smallest absolute Gasteiger partial charge is 0.271 e. The summed E-state index contributed by atoms with van der Waals surface area (Å²) in [5, 5.41) is 14.0. The largest absolute Gasteiger partial charge is 0.324 e. The minimum absolute atomic E-state index is 0.0599. The third-order valence-corrected chi connectivity index (χ3v) is 7.83. The molecule has 0 radical (unpaired) electrons. The number of hydrogen-bond donors (Lipinski definition) is 1. The van der Waals surface area contributed by atoms with Crippen LogP contribution in [0.2, 0.25) is 5.02 Å². The second-order valence-electron chi connectivity index (χ2n) is 9.08. The molecule has 3 saturated heterocycles. The van der Waals surface area contributed by atoms with E-state index in [-0.39, 0.29) is 28.3 Å². The van der Waals surface area contributed by atoms with Gasteiger partial charge in [0.25, 0.3) is 5.69 Å². The van der Waals surface area contributed by atoms with E-state index in [4.69, 9.17) is 11.6 Å². The van der Waals surface area contributed by atoms with Crippen molar-refractivity contribution in [3.8, 4) is 0 Å². The van der Waals surface area contributed by atoms with Crippen LogP contribution in [0.3, 0.4) is 0 Å². The van der Waals surface area contributed by atoms with Crippen LogP contribution >= 0.6 is 11.6 Å². The van der Waals surface area contributed by atoms with Gasteiger partial charge < -0.3 is 5.32 Å². The molecular formula is C23H19ClN4O5. The van der Waals surface area contributed by atoms with Gasteiger partial charge >= 0.3 is 0 Å². The average molecular weight is 467 g/mol. The second kappa shape index (κ2) is 6.61. The summed E-state index contributed by atoms with van der Waals surface area (Å²) in [7, 11) is 0. The van der Waals surface area contributed by atoms with Crippen LogP contribution in [-0.2, 0) is 19.9 Å². The lowest BCUT2D eigenvalue weighted by molar-refractivity contribution is -0.384. The molecule has 1 spiro atoms. The number of carbonyl (C=O) groups excluding carboxylic acids is 3. The van der Waals surface area contributed by atoms with Crippen LogP contribution in [0.25, 0.3) is 0 Å². The molecule has 1 N–H and O–H groups in total. The fraction of sp³-hybridized carbons (Fsp3) is 0.348. The van der Waals surface area contributed by atoms with Crippen molar-refractivity contribution in [1.29, 1.82) is 0 Å². The molecule has 2 aromatic carbocycles. The molecular weight excluding hydrogens is 448 g/mol. The molecule has 0 aromatic heterocycles. The molecule has 10 heteroatoms. The van der Waals surface area contributed by atoms with Crippen LogP contribution < -0.4 is 10.2 Å². The van der Waals surface area contributed by atoms with E-state index in [1.165, 1.54) is 12.1 Å². The Morgan fingerprint density at radius 3 is 2.67 bits per heavy atom. The fourth-order valence-corrected chi connectivity index (χ4v) is 6.60. The molecule has 4 atom stereocenters. The molecule has 0 saturated carbocycles. The summed E-state index contributed by atoms with van der Waals surface area (Å²) in [6.07, 6.45) is 1.53. The first-order valence-corrected chi connectivity index (χ1v) is 11.2. The number of non-ortho nitro benzene ring substituents is 1. The Labute approximate surface area is 193 Å². The highest BCUT2D eigenvalue weighted by atomic mass is 35.5. The molecule has 0 aliphatic carbocycles. The molecule has 4 heterocycles. The molecule has 2 aromatic rings. The summed E-state index contributed by atoms with van der Waals surface area (Å²) >= 11 is 6.29. The molecule has 0 bridgehead atoms. The van der Waals surface area contributed by atoms with Gasteiger partial charge in [0, 0.05) is 29.4 Å². The highest BCUT2D eigenvalue weighted by Crippen LogP contribution is 2.61. The first-order chi connectivity index (χ1) is 15.8. The number of halogens is 1. The highest BCUT2D eigenvalue weighted by molar-refractivity contribution is 6.36. The van der Waals surface area contributed by atoms with Crippen molar-refractivity contribution in [2.75, 3.05) is 16.8 Å². The van der Waals surface area contributed by atoms with Crippen molar-refractivity contribution in [3.63, 3.8) is 0 Å². The van der Waals surface area contributed by atoms with Crippen LogP contribution in [0.15, 0.2) is 36.4 Å². The number of imide groups is 1. The Balaban J connectivity index is 1.53.